The van der Waals surface area contributed by atoms with Crippen molar-refractivity contribution < 1.29 is 9.90 Å². The Kier molecular flexibility index (Phi) is 4.43. The van der Waals surface area contributed by atoms with E-state index >= 15 is 0 Å². The summed E-state index contributed by atoms with van der Waals surface area (Å²) in [4.78, 5) is 16.6. The molecule has 1 aliphatic heterocycles. The van der Waals surface area contributed by atoms with Crippen LogP contribution < -0.4 is 0 Å². The Labute approximate surface area is 114 Å². The van der Waals surface area contributed by atoms with Crippen LogP contribution in [0.25, 0.3) is 0 Å². The summed E-state index contributed by atoms with van der Waals surface area (Å²) in [6.07, 6.45) is 1.01. The number of amides is 1. The molecule has 4 heteroatoms. The summed E-state index contributed by atoms with van der Waals surface area (Å²) in [5.74, 6) is 0.00606. The number of benzene rings is 1. The quantitative estimate of drug-likeness (QED) is 0.902. The zero-order valence-corrected chi connectivity index (χ0v) is 11.7. The molecule has 0 aromatic heterocycles. The molecule has 2 rings (SSSR count). The average molecular weight is 262 g/mol. The number of carbonyl (C=O) groups excluding carboxylic acids is 1. The summed E-state index contributed by atoms with van der Waals surface area (Å²) >= 11 is 0. The maximum atomic E-state index is 12.4. The van der Waals surface area contributed by atoms with Crippen molar-refractivity contribution in [3.8, 4) is 5.75 Å². The van der Waals surface area contributed by atoms with Gasteiger partial charge in [0.2, 0.25) is 0 Å². The largest absolute Gasteiger partial charge is 0.507 e. The number of phenols is 1. The number of likely N-dealkylation sites (tertiary alicyclic amines) is 1. The van der Waals surface area contributed by atoms with E-state index in [0.717, 1.165) is 32.6 Å². The molecule has 0 aliphatic carbocycles. The molecule has 0 bridgehead atoms. The van der Waals surface area contributed by atoms with Crippen LogP contribution in [0.4, 0.5) is 0 Å². The van der Waals surface area contributed by atoms with Gasteiger partial charge in [0.1, 0.15) is 5.75 Å². The molecule has 1 atom stereocenters. The van der Waals surface area contributed by atoms with Gasteiger partial charge < -0.3 is 10.0 Å². The average Bonchev–Trinajstić information content (AvgIpc) is 2.90. The van der Waals surface area contributed by atoms with Crippen LogP contribution >= 0.6 is 0 Å². The summed E-state index contributed by atoms with van der Waals surface area (Å²) in [6, 6.07) is 7.21. The molecule has 104 valence electrons. The lowest BCUT2D eigenvalue weighted by atomic mass is 10.2. The van der Waals surface area contributed by atoms with Crippen LogP contribution in [-0.4, -0.2) is 53.0 Å². The molecule has 1 saturated heterocycles. The fraction of sp³-hybridized carbons (Fsp3) is 0.533. The Hall–Kier alpha value is -1.55. The molecular formula is C15H22N2O2. The first kappa shape index (κ1) is 13.9. The van der Waals surface area contributed by atoms with Crippen molar-refractivity contribution in [3.63, 3.8) is 0 Å². The van der Waals surface area contributed by atoms with Crippen LogP contribution in [-0.2, 0) is 0 Å². The summed E-state index contributed by atoms with van der Waals surface area (Å²) in [5, 5.41) is 9.75. The predicted molar refractivity (Wildman–Crippen MR) is 75.3 cm³/mol. The number of hydrogen-bond donors (Lipinski definition) is 1. The van der Waals surface area contributed by atoms with Gasteiger partial charge in [-0.25, -0.2) is 0 Å². The van der Waals surface area contributed by atoms with Gasteiger partial charge in [0, 0.05) is 19.1 Å². The Morgan fingerprint density at radius 3 is 2.68 bits per heavy atom. The number of rotatable bonds is 4. The number of carbonyl (C=O) groups is 1. The Morgan fingerprint density at radius 2 is 2.05 bits per heavy atom. The van der Waals surface area contributed by atoms with Gasteiger partial charge in [0.25, 0.3) is 5.91 Å². The summed E-state index contributed by atoms with van der Waals surface area (Å²) < 4.78 is 0. The highest BCUT2D eigenvalue weighted by molar-refractivity contribution is 5.96. The zero-order chi connectivity index (χ0) is 13.8. The molecule has 1 aromatic carbocycles. The van der Waals surface area contributed by atoms with Crippen molar-refractivity contribution >= 4 is 5.91 Å². The topological polar surface area (TPSA) is 43.8 Å². The van der Waals surface area contributed by atoms with E-state index in [1.54, 1.807) is 24.3 Å². The van der Waals surface area contributed by atoms with Gasteiger partial charge >= 0.3 is 0 Å². The van der Waals surface area contributed by atoms with E-state index in [4.69, 9.17) is 0 Å². The second-order valence-electron chi connectivity index (χ2n) is 4.93. The number of para-hydroxylation sites is 1. The fourth-order valence-corrected chi connectivity index (χ4v) is 2.79. The van der Waals surface area contributed by atoms with Crippen LogP contribution in [0, 0.1) is 0 Å². The van der Waals surface area contributed by atoms with Crippen molar-refractivity contribution in [1.82, 2.24) is 9.80 Å². The molecule has 19 heavy (non-hydrogen) atoms. The Morgan fingerprint density at radius 1 is 1.37 bits per heavy atom. The van der Waals surface area contributed by atoms with Crippen molar-refractivity contribution in [3.05, 3.63) is 29.8 Å². The molecule has 1 amide bonds. The van der Waals surface area contributed by atoms with Crippen molar-refractivity contribution in [2.75, 3.05) is 26.2 Å². The molecular weight excluding hydrogens is 240 g/mol. The Bertz CT molecular complexity index is 444. The highest BCUT2D eigenvalue weighted by Gasteiger charge is 2.30. The highest BCUT2D eigenvalue weighted by Crippen LogP contribution is 2.22. The normalized spacial score (nSPS) is 19.1. The highest BCUT2D eigenvalue weighted by atomic mass is 16.3. The van der Waals surface area contributed by atoms with E-state index < -0.39 is 0 Å². The minimum Gasteiger partial charge on any atom is -0.507 e. The number of likely N-dealkylation sites (N-methyl/N-ethyl adjacent to an activating group) is 1. The summed E-state index contributed by atoms with van der Waals surface area (Å²) in [6.45, 7) is 7.86. The first-order chi connectivity index (χ1) is 9.17. The molecule has 0 saturated carbocycles. The number of nitrogens with zero attached hydrogens (tertiary/aromatic N) is 2. The second kappa shape index (κ2) is 6.06. The Balaban J connectivity index is 2.05. The molecule has 4 nitrogen and oxygen atoms in total. The molecule has 1 unspecified atom stereocenters. The van der Waals surface area contributed by atoms with Gasteiger partial charge in [-0.15, -0.1) is 0 Å². The molecule has 0 radical (unpaired) electrons. The standard InChI is InChI=1S/C15H22N2O2/c1-3-16(4-2)12-9-10-17(11-12)15(19)13-7-5-6-8-14(13)18/h5-8,12,18H,3-4,9-11H2,1-2H3. The maximum Gasteiger partial charge on any atom is 0.257 e. The minimum absolute atomic E-state index is 0.0623. The van der Waals surface area contributed by atoms with E-state index in [9.17, 15) is 9.90 Å². The lowest BCUT2D eigenvalue weighted by Gasteiger charge is -2.26. The van der Waals surface area contributed by atoms with Crippen LogP contribution in [0.1, 0.15) is 30.6 Å². The molecule has 0 spiro atoms. The number of phenolic OH excluding ortho intramolecular Hbond substituents is 1. The third kappa shape index (κ3) is 2.89. The maximum absolute atomic E-state index is 12.4. The molecule has 1 fully saturated rings. The molecule has 1 N–H and O–H groups in total. The smallest absolute Gasteiger partial charge is 0.257 e. The SMILES string of the molecule is CCN(CC)C1CCN(C(=O)c2ccccc2O)C1. The molecule has 1 aliphatic rings. The van der Waals surface area contributed by atoms with E-state index in [2.05, 4.69) is 18.7 Å². The summed E-state index contributed by atoms with van der Waals surface area (Å²) in [7, 11) is 0. The van der Waals surface area contributed by atoms with Gasteiger partial charge in [0.05, 0.1) is 5.56 Å². The zero-order valence-electron chi connectivity index (χ0n) is 11.7. The molecule has 1 aromatic rings. The predicted octanol–water partition coefficient (Wildman–Crippen LogP) is 1.95. The van der Waals surface area contributed by atoms with Crippen molar-refractivity contribution in [1.29, 1.82) is 0 Å². The van der Waals surface area contributed by atoms with Gasteiger partial charge in [0.15, 0.2) is 0 Å². The van der Waals surface area contributed by atoms with E-state index in [1.807, 2.05) is 4.90 Å². The van der Waals surface area contributed by atoms with Crippen molar-refractivity contribution in [2.24, 2.45) is 0 Å². The van der Waals surface area contributed by atoms with Gasteiger partial charge in [-0.2, -0.15) is 0 Å². The first-order valence-electron chi connectivity index (χ1n) is 6.98. The van der Waals surface area contributed by atoms with Gasteiger partial charge in [-0.3, -0.25) is 9.69 Å². The summed E-state index contributed by atoms with van der Waals surface area (Å²) in [5.41, 5.74) is 0.405. The van der Waals surface area contributed by atoms with E-state index in [0.29, 0.717) is 11.6 Å². The number of hydrogen-bond acceptors (Lipinski definition) is 3. The third-order valence-electron chi connectivity index (χ3n) is 3.91. The fourth-order valence-electron chi connectivity index (χ4n) is 2.79. The van der Waals surface area contributed by atoms with Crippen LogP contribution in [0.3, 0.4) is 0 Å². The van der Waals surface area contributed by atoms with E-state index in [1.165, 1.54) is 0 Å². The third-order valence-corrected chi connectivity index (χ3v) is 3.91. The monoisotopic (exact) mass is 262 g/mol. The van der Waals surface area contributed by atoms with Gasteiger partial charge in [-0.05, 0) is 31.6 Å². The minimum atomic E-state index is -0.0623. The lowest BCUT2D eigenvalue weighted by Crippen LogP contribution is -2.38. The first-order valence-corrected chi connectivity index (χ1v) is 6.98. The lowest BCUT2D eigenvalue weighted by molar-refractivity contribution is 0.0775. The van der Waals surface area contributed by atoms with Gasteiger partial charge in [-0.1, -0.05) is 26.0 Å². The number of aromatic hydroxyl groups is 1. The molecule has 1 heterocycles. The van der Waals surface area contributed by atoms with Crippen LogP contribution in [0.15, 0.2) is 24.3 Å². The van der Waals surface area contributed by atoms with E-state index in [-0.39, 0.29) is 11.7 Å². The second-order valence-corrected chi connectivity index (χ2v) is 4.93. The van der Waals surface area contributed by atoms with Crippen LogP contribution in [0.2, 0.25) is 0 Å². The van der Waals surface area contributed by atoms with Crippen molar-refractivity contribution in [2.45, 2.75) is 26.3 Å². The van der Waals surface area contributed by atoms with Crippen LogP contribution in [0.5, 0.6) is 5.75 Å².